The monoisotopic (exact) mass is 313 g/mol. The second kappa shape index (κ2) is 6.01. The summed E-state index contributed by atoms with van der Waals surface area (Å²) in [7, 11) is 1.67. The predicted octanol–water partition coefficient (Wildman–Crippen LogP) is 2.52. The van der Waals surface area contributed by atoms with E-state index in [9.17, 15) is 0 Å². The minimum absolute atomic E-state index is 0.257. The molecule has 5 nitrogen and oxygen atoms in total. The van der Waals surface area contributed by atoms with Crippen molar-refractivity contribution in [3.8, 4) is 23.0 Å². The van der Waals surface area contributed by atoms with Gasteiger partial charge in [0.1, 0.15) is 6.61 Å². The first kappa shape index (κ1) is 14.2. The molecule has 0 radical (unpaired) electrons. The first-order valence-corrected chi connectivity index (χ1v) is 7.74. The highest BCUT2D eigenvalue weighted by Crippen LogP contribution is 2.36. The fraction of sp³-hybridized carbons (Fsp3) is 0.333. The van der Waals surface area contributed by atoms with Gasteiger partial charge in [-0.05, 0) is 24.1 Å². The fourth-order valence-electron chi connectivity index (χ4n) is 3.07. The predicted molar refractivity (Wildman–Crippen MR) is 85.4 cm³/mol. The van der Waals surface area contributed by atoms with Gasteiger partial charge in [0.05, 0.1) is 7.11 Å². The van der Waals surface area contributed by atoms with Gasteiger partial charge in [-0.15, -0.1) is 0 Å². The number of fused-ring (bicyclic) bond motifs is 2. The third-order valence-electron chi connectivity index (χ3n) is 4.23. The van der Waals surface area contributed by atoms with E-state index in [-0.39, 0.29) is 6.04 Å². The van der Waals surface area contributed by atoms with Gasteiger partial charge in [0.25, 0.3) is 0 Å². The van der Waals surface area contributed by atoms with Crippen molar-refractivity contribution in [1.82, 2.24) is 5.32 Å². The summed E-state index contributed by atoms with van der Waals surface area (Å²) in [5, 5.41) is 3.54. The van der Waals surface area contributed by atoms with Crippen molar-refractivity contribution in [3.63, 3.8) is 0 Å². The highest BCUT2D eigenvalue weighted by atomic mass is 16.7. The molecule has 0 amide bonds. The van der Waals surface area contributed by atoms with Gasteiger partial charge in [0.2, 0.25) is 6.79 Å². The summed E-state index contributed by atoms with van der Waals surface area (Å²) in [6.07, 6.45) is 0.916. The van der Waals surface area contributed by atoms with Crippen LogP contribution in [0.2, 0.25) is 0 Å². The molecule has 120 valence electrons. The summed E-state index contributed by atoms with van der Waals surface area (Å²) in [6.45, 7) is 1.64. The van der Waals surface area contributed by atoms with E-state index in [0.29, 0.717) is 13.4 Å². The van der Waals surface area contributed by atoms with Crippen molar-refractivity contribution >= 4 is 0 Å². The van der Waals surface area contributed by atoms with Gasteiger partial charge in [-0.3, -0.25) is 0 Å². The second-order valence-electron chi connectivity index (χ2n) is 5.69. The Kier molecular flexibility index (Phi) is 3.71. The van der Waals surface area contributed by atoms with Crippen LogP contribution in [0.4, 0.5) is 0 Å². The van der Waals surface area contributed by atoms with E-state index >= 15 is 0 Å². The molecular weight excluding hydrogens is 294 g/mol. The average Bonchev–Trinajstić information content (AvgIpc) is 3.08. The lowest BCUT2D eigenvalue weighted by atomic mass is 10.0. The molecule has 2 aliphatic rings. The summed E-state index contributed by atoms with van der Waals surface area (Å²) in [5.74, 6) is 3.33. The Morgan fingerprint density at radius 1 is 1.09 bits per heavy atom. The van der Waals surface area contributed by atoms with E-state index < -0.39 is 0 Å². The zero-order valence-corrected chi connectivity index (χ0v) is 13.0. The summed E-state index contributed by atoms with van der Waals surface area (Å²) in [4.78, 5) is 0. The van der Waals surface area contributed by atoms with Crippen LogP contribution < -0.4 is 24.3 Å². The average molecular weight is 313 g/mol. The molecule has 1 N–H and O–H groups in total. The van der Waals surface area contributed by atoms with E-state index in [1.165, 1.54) is 5.56 Å². The van der Waals surface area contributed by atoms with Crippen LogP contribution in [0, 0.1) is 0 Å². The van der Waals surface area contributed by atoms with Gasteiger partial charge in [-0.1, -0.05) is 24.3 Å². The largest absolute Gasteiger partial charge is 0.493 e. The van der Waals surface area contributed by atoms with Crippen molar-refractivity contribution < 1.29 is 18.9 Å². The molecule has 2 heterocycles. The summed E-state index contributed by atoms with van der Waals surface area (Å²) in [6, 6.07) is 12.2. The highest BCUT2D eigenvalue weighted by molar-refractivity contribution is 5.49. The number of hydrogen-bond acceptors (Lipinski definition) is 5. The topological polar surface area (TPSA) is 49.0 Å². The van der Waals surface area contributed by atoms with Crippen molar-refractivity contribution in [2.24, 2.45) is 0 Å². The maximum Gasteiger partial charge on any atom is 0.231 e. The lowest BCUT2D eigenvalue weighted by molar-refractivity contribution is 0.173. The van der Waals surface area contributed by atoms with Crippen LogP contribution in [-0.4, -0.2) is 26.6 Å². The Labute approximate surface area is 135 Å². The summed E-state index contributed by atoms with van der Waals surface area (Å²) >= 11 is 0. The maximum atomic E-state index is 5.90. The molecule has 5 heteroatoms. The van der Waals surface area contributed by atoms with Crippen LogP contribution in [0.1, 0.15) is 11.1 Å². The van der Waals surface area contributed by atoms with Crippen molar-refractivity contribution in [1.29, 1.82) is 0 Å². The lowest BCUT2D eigenvalue weighted by Crippen LogP contribution is -2.39. The number of benzene rings is 2. The SMILES string of the molecule is COc1cccc2c1OC[C@H](NCc1cccc3c1OCO3)C2. The van der Waals surface area contributed by atoms with Crippen LogP contribution in [0.25, 0.3) is 0 Å². The quantitative estimate of drug-likeness (QED) is 0.940. The van der Waals surface area contributed by atoms with Crippen LogP contribution in [-0.2, 0) is 13.0 Å². The van der Waals surface area contributed by atoms with Crippen molar-refractivity contribution in [3.05, 3.63) is 47.5 Å². The van der Waals surface area contributed by atoms with Gasteiger partial charge in [-0.2, -0.15) is 0 Å². The zero-order valence-electron chi connectivity index (χ0n) is 13.0. The summed E-state index contributed by atoms with van der Waals surface area (Å²) < 4.78 is 22.2. The summed E-state index contributed by atoms with van der Waals surface area (Å²) in [5.41, 5.74) is 2.28. The Morgan fingerprint density at radius 3 is 2.91 bits per heavy atom. The van der Waals surface area contributed by atoms with Gasteiger partial charge in [0.15, 0.2) is 23.0 Å². The van der Waals surface area contributed by atoms with Crippen molar-refractivity contribution in [2.45, 2.75) is 19.0 Å². The molecule has 0 aromatic heterocycles. The zero-order chi connectivity index (χ0) is 15.6. The molecule has 0 unspecified atom stereocenters. The van der Waals surface area contributed by atoms with Crippen LogP contribution in [0.15, 0.2) is 36.4 Å². The Hall–Kier alpha value is -2.40. The fourth-order valence-corrected chi connectivity index (χ4v) is 3.07. The molecule has 4 rings (SSSR count). The second-order valence-corrected chi connectivity index (χ2v) is 5.69. The van der Waals surface area contributed by atoms with E-state index in [1.807, 2.05) is 24.3 Å². The lowest BCUT2D eigenvalue weighted by Gasteiger charge is -2.27. The number of ether oxygens (including phenoxy) is 4. The molecule has 0 aliphatic carbocycles. The highest BCUT2D eigenvalue weighted by Gasteiger charge is 2.23. The number of hydrogen-bond donors (Lipinski definition) is 1. The molecule has 2 aromatic carbocycles. The third kappa shape index (κ3) is 2.68. The molecule has 1 atom stereocenters. The normalized spacial score (nSPS) is 18.2. The smallest absolute Gasteiger partial charge is 0.231 e. The van der Waals surface area contributed by atoms with E-state index in [1.54, 1.807) is 7.11 Å². The van der Waals surface area contributed by atoms with E-state index in [4.69, 9.17) is 18.9 Å². The molecule has 0 bridgehead atoms. The molecular formula is C18H19NO4. The van der Waals surface area contributed by atoms with E-state index in [2.05, 4.69) is 17.4 Å². The van der Waals surface area contributed by atoms with Gasteiger partial charge in [0, 0.05) is 18.2 Å². The molecule has 2 aromatic rings. The number of rotatable bonds is 4. The minimum atomic E-state index is 0.257. The van der Waals surface area contributed by atoms with Gasteiger partial charge >= 0.3 is 0 Å². The van der Waals surface area contributed by atoms with Crippen LogP contribution >= 0.6 is 0 Å². The first-order valence-electron chi connectivity index (χ1n) is 7.74. The Morgan fingerprint density at radius 2 is 2.00 bits per heavy atom. The number of para-hydroxylation sites is 2. The van der Waals surface area contributed by atoms with Crippen LogP contribution in [0.5, 0.6) is 23.0 Å². The van der Waals surface area contributed by atoms with Crippen LogP contribution in [0.3, 0.4) is 0 Å². The molecule has 2 aliphatic heterocycles. The molecule has 23 heavy (non-hydrogen) atoms. The Bertz CT molecular complexity index is 716. The molecule has 0 saturated heterocycles. The van der Waals surface area contributed by atoms with Gasteiger partial charge in [-0.25, -0.2) is 0 Å². The minimum Gasteiger partial charge on any atom is -0.493 e. The standard InChI is InChI=1S/C18H19NO4/c1-20-15-6-2-4-12-8-14(10-21-17(12)15)19-9-13-5-3-7-16-18(13)23-11-22-16/h2-7,14,19H,8-11H2,1H3/t14-/m1/s1. The van der Waals surface area contributed by atoms with E-state index in [0.717, 1.165) is 41.5 Å². The molecule has 0 fully saturated rings. The third-order valence-corrected chi connectivity index (χ3v) is 4.23. The van der Waals surface area contributed by atoms with Gasteiger partial charge < -0.3 is 24.3 Å². The number of methoxy groups -OCH3 is 1. The maximum absolute atomic E-state index is 5.90. The first-order chi connectivity index (χ1) is 11.3. The molecule has 0 spiro atoms. The Balaban J connectivity index is 1.44. The molecule has 0 saturated carbocycles. The van der Waals surface area contributed by atoms with Crippen molar-refractivity contribution in [2.75, 3.05) is 20.5 Å². The number of nitrogens with one attached hydrogen (secondary N) is 1.